The number of para-hydroxylation sites is 1. The van der Waals surface area contributed by atoms with Gasteiger partial charge in [0.05, 0.1) is 20.2 Å². The van der Waals surface area contributed by atoms with Crippen molar-refractivity contribution in [3.63, 3.8) is 0 Å². The van der Waals surface area contributed by atoms with E-state index in [-0.39, 0.29) is 29.7 Å². The Labute approximate surface area is 200 Å². The number of nitrogens with zero attached hydrogens (tertiary/aromatic N) is 3. The molecule has 0 saturated heterocycles. The number of ether oxygens (including phenoxy) is 1. The molecule has 1 heterocycles. The molecule has 3 aromatic rings. The highest BCUT2D eigenvalue weighted by atomic mass is 127. The van der Waals surface area contributed by atoms with Crippen LogP contribution in [0.1, 0.15) is 23.6 Å². The van der Waals surface area contributed by atoms with Crippen molar-refractivity contribution in [3.05, 3.63) is 77.6 Å². The fourth-order valence-electron chi connectivity index (χ4n) is 3.19. The van der Waals surface area contributed by atoms with Gasteiger partial charge in [-0.1, -0.05) is 36.4 Å². The van der Waals surface area contributed by atoms with Gasteiger partial charge in [0.25, 0.3) is 0 Å². The molecule has 8 heteroatoms. The smallest absolute Gasteiger partial charge is 0.191 e. The molecule has 7 nitrogen and oxygen atoms in total. The number of aromatic nitrogens is 2. The number of rotatable bonds is 9. The van der Waals surface area contributed by atoms with Crippen molar-refractivity contribution < 1.29 is 9.84 Å². The van der Waals surface area contributed by atoms with E-state index in [0.29, 0.717) is 25.3 Å². The van der Waals surface area contributed by atoms with Gasteiger partial charge in [0, 0.05) is 25.5 Å². The quantitative estimate of drug-likeness (QED) is 0.222. The summed E-state index contributed by atoms with van der Waals surface area (Å²) in [6.45, 7) is 4.73. The van der Waals surface area contributed by atoms with Gasteiger partial charge in [-0.25, -0.2) is 4.99 Å². The van der Waals surface area contributed by atoms with Crippen LogP contribution in [-0.4, -0.2) is 41.0 Å². The average Bonchev–Trinajstić information content (AvgIpc) is 3.27. The first-order chi connectivity index (χ1) is 14.7. The molecule has 0 fully saturated rings. The van der Waals surface area contributed by atoms with Crippen LogP contribution >= 0.6 is 24.0 Å². The Morgan fingerprint density at radius 2 is 1.84 bits per heavy atom. The van der Waals surface area contributed by atoms with Crippen molar-refractivity contribution in [2.75, 3.05) is 20.2 Å². The highest BCUT2D eigenvalue weighted by Crippen LogP contribution is 2.29. The van der Waals surface area contributed by atoms with Gasteiger partial charge in [0.15, 0.2) is 17.5 Å². The molecule has 0 spiro atoms. The summed E-state index contributed by atoms with van der Waals surface area (Å²) in [7, 11) is 1.55. The molecular weight excluding hydrogens is 505 g/mol. The van der Waals surface area contributed by atoms with Crippen LogP contribution in [0.5, 0.6) is 11.5 Å². The van der Waals surface area contributed by atoms with E-state index in [2.05, 4.69) is 27.9 Å². The molecule has 1 aromatic heterocycles. The van der Waals surface area contributed by atoms with E-state index in [1.165, 1.54) is 5.56 Å². The van der Waals surface area contributed by atoms with Crippen molar-refractivity contribution in [3.8, 4) is 11.5 Å². The Balaban J connectivity index is 0.00000341. The molecule has 166 valence electrons. The van der Waals surface area contributed by atoms with Crippen LogP contribution in [0.4, 0.5) is 0 Å². The van der Waals surface area contributed by atoms with E-state index in [0.717, 1.165) is 30.2 Å². The number of nitrogens with one attached hydrogen (secondary N) is 2. The third-order valence-corrected chi connectivity index (χ3v) is 4.75. The molecule has 0 atom stereocenters. The first-order valence-electron chi connectivity index (χ1n) is 10.1. The summed E-state index contributed by atoms with van der Waals surface area (Å²) >= 11 is 0. The lowest BCUT2D eigenvalue weighted by molar-refractivity contribution is 0.370. The summed E-state index contributed by atoms with van der Waals surface area (Å²) in [5.74, 6) is 1.42. The van der Waals surface area contributed by atoms with E-state index < -0.39 is 0 Å². The maximum Gasteiger partial charge on any atom is 0.191 e. The third-order valence-electron chi connectivity index (χ3n) is 4.75. The van der Waals surface area contributed by atoms with Gasteiger partial charge in [-0.15, -0.1) is 24.0 Å². The Kier molecular flexibility index (Phi) is 10.2. The van der Waals surface area contributed by atoms with Crippen molar-refractivity contribution in [2.45, 2.75) is 26.4 Å². The topological polar surface area (TPSA) is 83.7 Å². The van der Waals surface area contributed by atoms with Crippen LogP contribution in [-0.2, 0) is 19.5 Å². The van der Waals surface area contributed by atoms with Gasteiger partial charge in [0.1, 0.15) is 0 Å². The number of methoxy groups -OCH3 is 1. The second-order valence-corrected chi connectivity index (χ2v) is 6.81. The lowest BCUT2D eigenvalue weighted by atomic mass is 10.1. The van der Waals surface area contributed by atoms with Gasteiger partial charge in [0.2, 0.25) is 0 Å². The normalized spacial score (nSPS) is 11.0. The van der Waals surface area contributed by atoms with E-state index in [1.807, 2.05) is 48.1 Å². The summed E-state index contributed by atoms with van der Waals surface area (Å²) in [5.41, 5.74) is 3.19. The molecule has 0 radical (unpaired) electrons. The Bertz CT molecular complexity index is 960. The Hall–Kier alpha value is -2.75. The maximum atomic E-state index is 10.2. The van der Waals surface area contributed by atoms with Crippen LogP contribution < -0.4 is 15.4 Å². The number of phenolic OH excluding ortho intramolecular Hbond substituents is 1. The number of hydrogen-bond acceptors (Lipinski definition) is 4. The second kappa shape index (κ2) is 12.8. The molecule has 0 aliphatic heterocycles. The zero-order valence-corrected chi connectivity index (χ0v) is 20.2. The van der Waals surface area contributed by atoms with Crippen LogP contribution in [0.15, 0.2) is 65.9 Å². The molecular formula is C23H30IN5O2. The molecule has 0 amide bonds. The van der Waals surface area contributed by atoms with Gasteiger partial charge in [-0.05, 0) is 42.2 Å². The summed E-state index contributed by atoms with van der Waals surface area (Å²) in [4.78, 5) is 4.74. The van der Waals surface area contributed by atoms with E-state index in [9.17, 15) is 5.11 Å². The summed E-state index contributed by atoms with van der Waals surface area (Å²) in [5, 5.41) is 21.1. The zero-order chi connectivity index (χ0) is 21.2. The summed E-state index contributed by atoms with van der Waals surface area (Å²) in [6.07, 6.45) is 4.40. The summed E-state index contributed by atoms with van der Waals surface area (Å²) < 4.78 is 7.08. The van der Waals surface area contributed by atoms with E-state index >= 15 is 0 Å². The van der Waals surface area contributed by atoms with Crippen LogP contribution in [0, 0.1) is 0 Å². The lowest BCUT2D eigenvalue weighted by Gasteiger charge is -2.13. The number of aromatic hydroxyl groups is 1. The number of aliphatic imine (C=N–C) groups is 1. The van der Waals surface area contributed by atoms with Crippen molar-refractivity contribution in [1.29, 1.82) is 0 Å². The van der Waals surface area contributed by atoms with Gasteiger partial charge >= 0.3 is 0 Å². The van der Waals surface area contributed by atoms with Crippen LogP contribution in [0.3, 0.4) is 0 Å². The van der Waals surface area contributed by atoms with Crippen LogP contribution in [0.25, 0.3) is 0 Å². The third kappa shape index (κ3) is 7.16. The van der Waals surface area contributed by atoms with E-state index in [4.69, 9.17) is 9.73 Å². The Morgan fingerprint density at radius 3 is 2.55 bits per heavy atom. The minimum atomic E-state index is 0. The molecule has 0 saturated carbocycles. The number of benzene rings is 2. The van der Waals surface area contributed by atoms with Gasteiger partial charge in [-0.3, -0.25) is 4.68 Å². The maximum absolute atomic E-state index is 10.2. The van der Waals surface area contributed by atoms with Crippen molar-refractivity contribution in [1.82, 2.24) is 20.4 Å². The molecule has 31 heavy (non-hydrogen) atoms. The van der Waals surface area contributed by atoms with Crippen molar-refractivity contribution >= 4 is 29.9 Å². The SMILES string of the molecule is CCNC(=NCc1ccccc1Cn1cccn1)NCCc1cccc(OC)c1O.I. The largest absolute Gasteiger partial charge is 0.504 e. The lowest BCUT2D eigenvalue weighted by Crippen LogP contribution is -2.38. The van der Waals surface area contributed by atoms with Crippen LogP contribution in [0.2, 0.25) is 0 Å². The molecule has 3 rings (SSSR count). The molecule has 0 aliphatic carbocycles. The zero-order valence-electron chi connectivity index (χ0n) is 17.9. The monoisotopic (exact) mass is 535 g/mol. The first kappa shape index (κ1) is 24.5. The highest BCUT2D eigenvalue weighted by molar-refractivity contribution is 14.0. The average molecular weight is 535 g/mol. The summed E-state index contributed by atoms with van der Waals surface area (Å²) in [6, 6.07) is 15.7. The predicted octanol–water partition coefficient (Wildman–Crippen LogP) is 3.56. The molecule has 2 aromatic carbocycles. The number of phenols is 1. The second-order valence-electron chi connectivity index (χ2n) is 6.81. The fraction of sp³-hybridized carbons (Fsp3) is 0.304. The fourth-order valence-corrected chi connectivity index (χ4v) is 3.19. The Morgan fingerprint density at radius 1 is 1.06 bits per heavy atom. The van der Waals surface area contributed by atoms with E-state index in [1.54, 1.807) is 19.4 Å². The minimum absolute atomic E-state index is 0. The first-order valence-corrected chi connectivity index (χ1v) is 10.1. The number of halogens is 1. The van der Waals surface area contributed by atoms with Gasteiger partial charge < -0.3 is 20.5 Å². The van der Waals surface area contributed by atoms with Crippen molar-refractivity contribution in [2.24, 2.45) is 4.99 Å². The van der Waals surface area contributed by atoms with Gasteiger partial charge in [-0.2, -0.15) is 5.10 Å². The minimum Gasteiger partial charge on any atom is -0.504 e. The molecule has 3 N–H and O–H groups in total. The standard InChI is InChI=1S/C23H29N5O2.HI/c1-3-24-23(25-14-12-18-10-6-11-21(30-2)22(18)29)26-16-19-8-4-5-9-20(19)17-28-15-7-13-27-28;/h4-11,13,15,29H,3,12,14,16-17H2,1-2H3,(H2,24,25,26);1H. The predicted molar refractivity (Wildman–Crippen MR) is 134 cm³/mol. The number of guanidine groups is 1. The molecule has 0 unspecified atom stereocenters. The molecule has 0 aliphatic rings. The number of hydrogen-bond donors (Lipinski definition) is 3. The molecule has 0 bridgehead atoms. The highest BCUT2D eigenvalue weighted by Gasteiger charge is 2.08.